The quantitative estimate of drug-likeness (QED) is 0.525. The molecule has 0 aliphatic carbocycles. The second kappa shape index (κ2) is 4.06. The topological polar surface area (TPSA) is 98.2 Å². The Kier molecular flexibility index (Phi) is 2.89. The molecule has 2 amide bonds. The Morgan fingerprint density at radius 3 is 2.53 bits per heavy atom. The Labute approximate surface area is 110 Å². The number of carboxylic acids is 1. The third kappa shape index (κ3) is 1.58. The fourth-order valence-electron chi connectivity index (χ4n) is 2.49. The molecule has 2 atom stereocenters. The van der Waals surface area contributed by atoms with Crippen LogP contribution in [0.15, 0.2) is 12.2 Å². The molecule has 7 heteroatoms. The largest absolute Gasteiger partial charge is 0.479 e. The molecule has 7 nitrogen and oxygen atoms in total. The number of fused-ring (bicyclic) bond motifs is 1. The highest BCUT2D eigenvalue weighted by atomic mass is 16.4. The van der Waals surface area contributed by atoms with Crippen molar-refractivity contribution in [2.24, 2.45) is 5.41 Å². The SMILES string of the molecule is CC1(CCO)C(=O)N2CC=CC(C)(C(=O)O)N2C1=O. The van der Waals surface area contributed by atoms with Crippen LogP contribution in [0.1, 0.15) is 20.3 Å². The minimum Gasteiger partial charge on any atom is -0.479 e. The fourth-order valence-corrected chi connectivity index (χ4v) is 2.49. The van der Waals surface area contributed by atoms with Crippen molar-refractivity contribution >= 4 is 17.8 Å². The Bertz CT molecular complexity index is 489. The molecule has 0 saturated carbocycles. The molecule has 0 spiro atoms. The number of aliphatic hydroxyl groups excluding tert-OH is 1. The first kappa shape index (κ1) is 13.5. The summed E-state index contributed by atoms with van der Waals surface area (Å²) in [5.41, 5.74) is -2.96. The average Bonchev–Trinajstić information content (AvgIpc) is 2.54. The van der Waals surface area contributed by atoms with Gasteiger partial charge in [0.15, 0.2) is 5.54 Å². The van der Waals surface area contributed by atoms with Crippen LogP contribution in [0.4, 0.5) is 0 Å². The minimum absolute atomic E-state index is 0.0205. The highest BCUT2D eigenvalue weighted by Gasteiger charge is 2.61. The monoisotopic (exact) mass is 268 g/mol. The third-order valence-corrected chi connectivity index (χ3v) is 3.82. The maximum atomic E-state index is 12.4. The zero-order valence-electron chi connectivity index (χ0n) is 10.8. The van der Waals surface area contributed by atoms with Crippen molar-refractivity contribution in [3.63, 3.8) is 0 Å². The summed E-state index contributed by atoms with van der Waals surface area (Å²) in [7, 11) is 0. The van der Waals surface area contributed by atoms with Crippen molar-refractivity contribution in [3.8, 4) is 0 Å². The Hall–Kier alpha value is -1.89. The first-order valence-electron chi connectivity index (χ1n) is 5.97. The predicted molar refractivity (Wildman–Crippen MR) is 63.5 cm³/mol. The van der Waals surface area contributed by atoms with Crippen LogP contribution in [0.2, 0.25) is 0 Å². The van der Waals surface area contributed by atoms with Gasteiger partial charge in [-0.15, -0.1) is 0 Å². The van der Waals surface area contributed by atoms with Gasteiger partial charge in [0.25, 0.3) is 11.8 Å². The van der Waals surface area contributed by atoms with Gasteiger partial charge in [-0.2, -0.15) is 0 Å². The number of rotatable bonds is 3. The standard InChI is InChI=1S/C12H16N2O5/c1-11(5-7-15)8(16)13-6-3-4-12(2,10(18)19)14(13)9(11)17/h3-4,15H,5-7H2,1-2H3,(H,18,19). The van der Waals surface area contributed by atoms with Crippen LogP contribution in [0, 0.1) is 5.41 Å². The summed E-state index contributed by atoms with van der Waals surface area (Å²) in [5.74, 6) is -2.26. The summed E-state index contributed by atoms with van der Waals surface area (Å²) in [6, 6.07) is 0. The molecule has 1 saturated heterocycles. The molecular weight excluding hydrogens is 252 g/mol. The lowest BCUT2D eigenvalue weighted by Crippen LogP contribution is -2.60. The molecule has 2 rings (SSSR count). The molecule has 0 aromatic heterocycles. The normalized spacial score (nSPS) is 33.8. The van der Waals surface area contributed by atoms with Crippen LogP contribution < -0.4 is 0 Å². The van der Waals surface area contributed by atoms with Crippen LogP contribution in [0.3, 0.4) is 0 Å². The van der Waals surface area contributed by atoms with E-state index in [0.717, 1.165) is 10.0 Å². The molecule has 2 aliphatic rings. The molecule has 2 aliphatic heterocycles. The molecule has 19 heavy (non-hydrogen) atoms. The summed E-state index contributed by atoms with van der Waals surface area (Å²) >= 11 is 0. The summed E-state index contributed by atoms with van der Waals surface area (Å²) < 4.78 is 0. The van der Waals surface area contributed by atoms with Gasteiger partial charge in [0.05, 0.1) is 6.54 Å². The van der Waals surface area contributed by atoms with Gasteiger partial charge in [-0.3, -0.25) is 9.59 Å². The number of hydrogen-bond acceptors (Lipinski definition) is 4. The highest BCUT2D eigenvalue weighted by Crippen LogP contribution is 2.40. The Morgan fingerprint density at radius 1 is 1.37 bits per heavy atom. The number of aliphatic carboxylic acids is 1. The zero-order chi connectivity index (χ0) is 14.4. The van der Waals surface area contributed by atoms with Gasteiger partial charge in [-0.25, -0.2) is 14.8 Å². The molecule has 104 valence electrons. The lowest BCUT2D eigenvalue weighted by atomic mass is 9.85. The maximum Gasteiger partial charge on any atom is 0.335 e. The summed E-state index contributed by atoms with van der Waals surface area (Å²) in [6.45, 7) is 2.66. The Morgan fingerprint density at radius 2 is 2.00 bits per heavy atom. The minimum atomic E-state index is -1.57. The number of aliphatic hydroxyl groups is 1. The van der Waals surface area contributed by atoms with Crippen LogP contribution in [-0.2, 0) is 14.4 Å². The fraction of sp³-hybridized carbons (Fsp3) is 0.583. The first-order chi connectivity index (χ1) is 8.79. The number of carboxylic acid groups (broad SMARTS) is 1. The number of hydrogen-bond donors (Lipinski definition) is 2. The lowest BCUT2D eigenvalue weighted by molar-refractivity contribution is -0.171. The van der Waals surface area contributed by atoms with E-state index in [2.05, 4.69) is 0 Å². The van der Waals surface area contributed by atoms with E-state index >= 15 is 0 Å². The van der Waals surface area contributed by atoms with Gasteiger partial charge in [0.1, 0.15) is 5.41 Å². The van der Waals surface area contributed by atoms with Crippen molar-refractivity contribution in [1.82, 2.24) is 10.0 Å². The van der Waals surface area contributed by atoms with E-state index in [0.29, 0.717) is 0 Å². The van der Waals surface area contributed by atoms with Crippen LogP contribution >= 0.6 is 0 Å². The van der Waals surface area contributed by atoms with Gasteiger partial charge in [-0.05, 0) is 26.3 Å². The van der Waals surface area contributed by atoms with E-state index < -0.39 is 28.7 Å². The highest BCUT2D eigenvalue weighted by molar-refractivity contribution is 6.11. The van der Waals surface area contributed by atoms with Crippen molar-refractivity contribution < 1.29 is 24.6 Å². The summed E-state index contributed by atoms with van der Waals surface area (Å²) in [6.07, 6.45) is 2.94. The maximum absolute atomic E-state index is 12.4. The third-order valence-electron chi connectivity index (χ3n) is 3.82. The molecule has 1 fully saturated rings. The number of nitrogens with zero attached hydrogens (tertiary/aromatic N) is 2. The summed E-state index contributed by atoms with van der Waals surface area (Å²) in [4.78, 5) is 36.1. The van der Waals surface area contributed by atoms with Gasteiger partial charge >= 0.3 is 5.97 Å². The molecular formula is C12H16N2O5. The van der Waals surface area contributed by atoms with E-state index in [4.69, 9.17) is 5.11 Å². The van der Waals surface area contributed by atoms with Crippen LogP contribution in [-0.4, -0.2) is 56.7 Å². The zero-order valence-corrected chi connectivity index (χ0v) is 10.8. The molecule has 2 N–H and O–H groups in total. The average molecular weight is 268 g/mol. The van der Waals surface area contributed by atoms with Gasteiger partial charge < -0.3 is 10.2 Å². The van der Waals surface area contributed by atoms with Crippen LogP contribution in [0.25, 0.3) is 0 Å². The first-order valence-corrected chi connectivity index (χ1v) is 5.97. The van der Waals surface area contributed by atoms with Crippen LogP contribution in [0.5, 0.6) is 0 Å². The Balaban J connectivity index is 2.50. The predicted octanol–water partition coefficient (Wildman–Crippen LogP) is -0.626. The molecule has 2 unspecified atom stereocenters. The van der Waals surface area contributed by atoms with Crippen molar-refractivity contribution in [1.29, 1.82) is 0 Å². The number of amides is 2. The van der Waals surface area contributed by atoms with E-state index in [-0.39, 0.29) is 19.6 Å². The molecule has 0 radical (unpaired) electrons. The van der Waals surface area contributed by atoms with Gasteiger partial charge in [0.2, 0.25) is 0 Å². The lowest BCUT2D eigenvalue weighted by Gasteiger charge is -2.40. The molecule has 0 aromatic carbocycles. The number of carbonyl (C=O) groups excluding carboxylic acids is 2. The molecule has 0 aromatic rings. The summed E-state index contributed by atoms with van der Waals surface area (Å²) in [5, 5.41) is 20.5. The molecule has 2 heterocycles. The second-order valence-corrected chi connectivity index (χ2v) is 5.16. The van der Waals surface area contributed by atoms with E-state index in [1.54, 1.807) is 6.08 Å². The van der Waals surface area contributed by atoms with Gasteiger partial charge in [-0.1, -0.05) is 6.08 Å². The smallest absolute Gasteiger partial charge is 0.335 e. The van der Waals surface area contributed by atoms with Crippen molar-refractivity contribution in [2.45, 2.75) is 25.8 Å². The van der Waals surface area contributed by atoms with Gasteiger partial charge in [0, 0.05) is 6.61 Å². The van der Waals surface area contributed by atoms with Crippen molar-refractivity contribution in [2.75, 3.05) is 13.2 Å². The number of hydrazine groups is 1. The second-order valence-electron chi connectivity index (χ2n) is 5.16. The van der Waals surface area contributed by atoms with E-state index in [1.807, 2.05) is 0 Å². The number of carbonyl (C=O) groups is 3. The van der Waals surface area contributed by atoms with Crippen molar-refractivity contribution in [3.05, 3.63) is 12.2 Å². The van der Waals surface area contributed by atoms with E-state index in [1.165, 1.54) is 19.9 Å². The molecule has 0 bridgehead atoms. The van der Waals surface area contributed by atoms with E-state index in [9.17, 15) is 19.5 Å².